The van der Waals surface area contributed by atoms with Gasteiger partial charge < -0.3 is 10.6 Å². The highest BCUT2D eigenvalue weighted by molar-refractivity contribution is 9.10. The van der Waals surface area contributed by atoms with Crippen molar-refractivity contribution in [1.29, 1.82) is 0 Å². The van der Waals surface area contributed by atoms with Gasteiger partial charge in [0.25, 0.3) is 5.91 Å². The molecule has 1 aromatic heterocycles. The number of aromatic nitrogens is 1. The molecule has 20 heavy (non-hydrogen) atoms. The van der Waals surface area contributed by atoms with E-state index in [1.807, 2.05) is 18.2 Å². The first-order chi connectivity index (χ1) is 9.70. The molecule has 0 radical (unpaired) electrons. The maximum atomic E-state index is 12.1. The van der Waals surface area contributed by atoms with E-state index >= 15 is 0 Å². The van der Waals surface area contributed by atoms with E-state index in [0.717, 1.165) is 23.1 Å². The first-order valence-electron chi connectivity index (χ1n) is 6.46. The van der Waals surface area contributed by atoms with Gasteiger partial charge in [0.1, 0.15) is 5.82 Å². The summed E-state index contributed by atoms with van der Waals surface area (Å²) in [6.07, 6.45) is 2.70. The van der Waals surface area contributed by atoms with Crippen LogP contribution in [0.25, 0.3) is 0 Å². The second-order valence-electron chi connectivity index (χ2n) is 4.29. The predicted molar refractivity (Wildman–Crippen MR) is 85.1 cm³/mol. The molecule has 0 aliphatic rings. The first-order valence-corrected chi connectivity index (χ1v) is 7.26. The zero-order valence-corrected chi connectivity index (χ0v) is 12.8. The molecule has 0 spiro atoms. The van der Waals surface area contributed by atoms with Crippen molar-refractivity contribution in [3.63, 3.8) is 0 Å². The molecule has 0 unspecified atom stereocenters. The van der Waals surface area contributed by atoms with Gasteiger partial charge >= 0.3 is 0 Å². The van der Waals surface area contributed by atoms with Gasteiger partial charge in [0.2, 0.25) is 0 Å². The molecule has 0 bridgehead atoms. The fourth-order valence-electron chi connectivity index (χ4n) is 1.67. The largest absolute Gasteiger partial charge is 0.385 e. The molecular weight excluding hydrogens is 318 g/mol. The number of hydrogen-bond acceptors (Lipinski definition) is 3. The normalized spacial score (nSPS) is 10.1. The molecule has 0 fully saturated rings. The van der Waals surface area contributed by atoms with Crippen molar-refractivity contribution in [2.45, 2.75) is 13.3 Å². The molecule has 2 aromatic rings. The lowest BCUT2D eigenvalue weighted by Crippen LogP contribution is -2.13. The molecule has 1 amide bonds. The van der Waals surface area contributed by atoms with Crippen LogP contribution in [0.1, 0.15) is 23.7 Å². The summed E-state index contributed by atoms with van der Waals surface area (Å²) in [6, 6.07) is 11.0. The average molecular weight is 334 g/mol. The topological polar surface area (TPSA) is 54.0 Å². The summed E-state index contributed by atoms with van der Waals surface area (Å²) in [5.74, 6) is 0.345. The van der Waals surface area contributed by atoms with Crippen LogP contribution in [0.4, 0.5) is 11.5 Å². The summed E-state index contributed by atoms with van der Waals surface area (Å²) >= 11 is 3.35. The van der Waals surface area contributed by atoms with Gasteiger partial charge in [-0.25, -0.2) is 4.98 Å². The molecule has 1 aromatic carbocycles. The third-order valence-corrected chi connectivity index (χ3v) is 3.36. The maximum absolute atomic E-state index is 12.1. The van der Waals surface area contributed by atoms with Gasteiger partial charge in [0.05, 0.1) is 4.47 Å². The Labute approximate surface area is 126 Å². The molecule has 0 saturated heterocycles. The standard InChI is InChI=1S/C15H16BrN3O/c1-2-9-17-12-7-5-11(6-8-12)15(20)19-14-13(16)4-3-10-18-14/h3-8,10,17H,2,9H2,1H3,(H,18,19,20). The SMILES string of the molecule is CCCNc1ccc(C(=O)Nc2ncccc2Br)cc1. The molecule has 1 heterocycles. The van der Waals surface area contributed by atoms with Gasteiger partial charge in [0.15, 0.2) is 0 Å². The third-order valence-electron chi connectivity index (χ3n) is 2.72. The number of anilines is 2. The number of halogens is 1. The Morgan fingerprint density at radius 3 is 2.65 bits per heavy atom. The van der Waals surface area contributed by atoms with Crippen molar-refractivity contribution in [3.8, 4) is 0 Å². The Kier molecular flexibility index (Phi) is 5.12. The Hall–Kier alpha value is -1.88. The van der Waals surface area contributed by atoms with Crippen LogP contribution in [-0.4, -0.2) is 17.4 Å². The van der Waals surface area contributed by atoms with Crippen molar-refractivity contribution in [3.05, 3.63) is 52.6 Å². The number of hydrogen-bond donors (Lipinski definition) is 2. The lowest BCUT2D eigenvalue weighted by Gasteiger charge is -2.08. The average Bonchev–Trinajstić information content (AvgIpc) is 2.48. The summed E-state index contributed by atoms with van der Waals surface area (Å²) < 4.78 is 0.759. The van der Waals surface area contributed by atoms with Crippen LogP contribution in [0.2, 0.25) is 0 Å². The second-order valence-corrected chi connectivity index (χ2v) is 5.15. The van der Waals surface area contributed by atoms with E-state index in [-0.39, 0.29) is 5.91 Å². The summed E-state index contributed by atoms with van der Waals surface area (Å²) in [7, 11) is 0. The van der Waals surface area contributed by atoms with Gasteiger partial charge in [-0.2, -0.15) is 0 Å². The molecule has 0 saturated carbocycles. The number of benzene rings is 1. The minimum atomic E-state index is -0.175. The van der Waals surface area contributed by atoms with Crippen LogP contribution in [-0.2, 0) is 0 Å². The first kappa shape index (κ1) is 14.5. The number of carbonyl (C=O) groups excluding carboxylic acids is 1. The fraction of sp³-hybridized carbons (Fsp3) is 0.200. The van der Waals surface area contributed by atoms with E-state index < -0.39 is 0 Å². The Balaban J connectivity index is 2.04. The van der Waals surface area contributed by atoms with Crippen molar-refractivity contribution in [2.75, 3.05) is 17.2 Å². The number of nitrogens with zero attached hydrogens (tertiary/aromatic N) is 1. The van der Waals surface area contributed by atoms with Gasteiger partial charge in [-0.3, -0.25) is 4.79 Å². The summed E-state index contributed by atoms with van der Waals surface area (Å²) in [5.41, 5.74) is 1.62. The van der Waals surface area contributed by atoms with Crippen molar-refractivity contribution >= 4 is 33.3 Å². The lowest BCUT2D eigenvalue weighted by atomic mass is 10.2. The number of pyridine rings is 1. The number of carbonyl (C=O) groups is 1. The smallest absolute Gasteiger partial charge is 0.256 e. The quantitative estimate of drug-likeness (QED) is 0.871. The predicted octanol–water partition coefficient (Wildman–Crippen LogP) is 3.92. The zero-order chi connectivity index (χ0) is 14.4. The van der Waals surface area contributed by atoms with Gasteiger partial charge in [-0.1, -0.05) is 6.92 Å². The highest BCUT2D eigenvalue weighted by Gasteiger charge is 2.08. The van der Waals surface area contributed by atoms with Crippen LogP contribution >= 0.6 is 15.9 Å². The molecule has 104 valence electrons. The van der Waals surface area contributed by atoms with Crippen LogP contribution in [0.15, 0.2) is 47.1 Å². The van der Waals surface area contributed by atoms with Crippen molar-refractivity contribution in [1.82, 2.24) is 4.98 Å². The Morgan fingerprint density at radius 1 is 1.25 bits per heavy atom. The van der Waals surface area contributed by atoms with E-state index in [4.69, 9.17) is 0 Å². The van der Waals surface area contributed by atoms with Crippen LogP contribution in [0.5, 0.6) is 0 Å². The Bertz CT molecular complexity index is 584. The molecule has 0 aliphatic carbocycles. The molecule has 2 N–H and O–H groups in total. The molecule has 4 nitrogen and oxygen atoms in total. The monoisotopic (exact) mass is 333 g/mol. The Morgan fingerprint density at radius 2 is 2.00 bits per heavy atom. The molecular formula is C15H16BrN3O. The maximum Gasteiger partial charge on any atom is 0.256 e. The number of nitrogens with one attached hydrogen (secondary N) is 2. The zero-order valence-electron chi connectivity index (χ0n) is 11.2. The van der Waals surface area contributed by atoms with Crippen molar-refractivity contribution < 1.29 is 4.79 Å². The highest BCUT2D eigenvalue weighted by Crippen LogP contribution is 2.19. The summed E-state index contributed by atoms with van der Waals surface area (Å²) in [4.78, 5) is 16.2. The minimum absolute atomic E-state index is 0.175. The summed E-state index contributed by atoms with van der Waals surface area (Å²) in [5, 5.41) is 6.04. The van der Waals surface area contributed by atoms with Crippen LogP contribution in [0, 0.1) is 0 Å². The number of rotatable bonds is 5. The van der Waals surface area contributed by atoms with E-state index in [1.54, 1.807) is 24.4 Å². The van der Waals surface area contributed by atoms with E-state index in [0.29, 0.717) is 11.4 Å². The molecule has 0 atom stereocenters. The fourth-order valence-corrected chi connectivity index (χ4v) is 2.02. The van der Waals surface area contributed by atoms with E-state index in [9.17, 15) is 4.79 Å². The van der Waals surface area contributed by atoms with Crippen LogP contribution in [0.3, 0.4) is 0 Å². The third kappa shape index (κ3) is 3.81. The van der Waals surface area contributed by atoms with E-state index in [2.05, 4.69) is 38.5 Å². The lowest BCUT2D eigenvalue weighted by molar-refractivity contribution is 0.102. The van der Waals surface area contributed by atoms with Crippen LogP contribution < -0.4 is 10.6 Å². The van der Waals surface area contributed by atoms with Gasteiger partial charge in [0, 0.05) is 24.0 Å². The molecule has 5 heteroatoms. The number of amides is 1. The van der Waals surface area contributed by atoms with Gasteiger partial charge in [-0.15, -0.1) is 0 Å². The van der Waals surface area contributed by atoms with E-state index in [1.165, 1.54) is 0 Å². The van der Waals surface area contributed by atoms with Crippen molar-refractivity contribution in [2.24, 2.45) is 0 Å². The highest BCUT2D eigenvalue weighted by atomic mass is 79.9. The van der Waals surface area contributed by atoms with Gasteiger partial charge in [-0.05, 0) is 58.7 Å². The molecule has 0 aliphatic heterocycles. The second kappa shape index (κ2) is 7.05. The minimum Gasteiger partial charge on any atom is -0.385 e. The summed E-state index contributed by atoms with van der Waals surface area (Å²) in [6.45, 7) is 3.03. The molecule has 2 rings (SSSR count).